The lowest BCUT2D eigenvalue weighted by Gasteiger charge is -2.60. The lowest BCUT2D eigenvalue weighted by atomic mass is 9.44. The van der Waals surface area contributed by atoms with Gasteiger partial charge in [-0.05, 0) is 79.4 Å². The van der Waals surface area contributed by atoms with Crippen LogP contribution in [0.15, 0.2) is 0 Å². The molecule has 4 saturated carbocycles. The van der Waals surface area contributed by atoms with Crippen LogP contribution in [0.1, 0.15) is 78.6 Å². The van der Waals surface area contributed by atoms with Gasteiger partial charge in [0.05, 0.1) is 0 Å². The lowest BCUT2D eigenvalue weighted by Crippen LogP contribution is -2.54. The van der Waals surface area contributed by atoms with Crippen molar-refractivity contribution < 1.29 is 19.1 Å². The first-order valence-electron chi connectivity index (χ1n) is 10.9. The maximum Gasteiger partial charge on any atom is 0.303 e. The molecule has 0 heterocycles. The Hall–Kier alpha value is -1.19. The van der Waals surface area contributed by atoms with E-state index in [0.29, 0.717) is 34.9 Å². The smallest absolute Gasteiger partial charge is 0.303 e. The molecule has 4 nitrogen and oxygen atoms in total. The molecule has 150 valence electrons. The summed E-state index contributed by atoms with van der Waals surface area (Å²) in [5.74, 6) is 2.86. The van der Waals surface area contributed by atoms with Gasteiger partial charge in [-0.15, -0.1) is 0 Å². The van der Waals surface area contributed by atoms with Crippen molar-refractivity contribution in [2.75, 3.05) is 6.61 Å². The van der Waals surface area contributed by atoms with E-state index >= 15 is 0 Å². The Morgan fingerprint density at radius 1 is 1.00 bits per heavy atom. The summed E-state index contributed by atoms with van der Waals surface area (Å²) < 4.78 is 5.02. The fourth-order valence-electron chi connectivity index (χ4n) is 7.85. The minimum atomic E-state index is -0.371. The van der Waals surface area contributed by atoms with Crippen LogP contribution in [0.3, 0.4) is 0 Å². The van der Waals surface area contributed by atoms with Crippen LogP contribution in [0.25, 0.3) is 0 Å². The molecule has 0 aromatic heterocycles. The molecular formula is C23H34O4. The molecule has 0 unspecified atom stereocenters. The van der Waals surface area contributed by atoms with Gasteiger partial charge in [-0.25, -0.2) is 0 Å². The van der Waals surface area contributed by atoms with Gasteiger partial charge in [0.1, 0.15) is 12.4 Å². The number of rotatable bonds is 3. The standard InChI is InChI=1S/C23H34O4/c1-14(24)27-13-21(26)20-7-6-18-17-5-4-15-12-16(25)8-10-22(15,2)19(17)9-11-23(18,20)3/h15,17-20H,4-13H2,1-3H3/t15-,17-,18+,19+,20-,22-,23+/m0/s1. The average molecular weight is 375 g/mol. The maximum atomic E-state index is 12.8. The van der Waals surface area contributed by atoms with Crippen molar-refractivity contribution in [3.63, 3.8) is 0 Å². The van der Waals surface area contributed by atoms with E-state index in [0.717, 1.165) is 38.5 Å². The van der Waals surface area contributed by atoms with Crippen molar-refractivity contribution in [3.05, 3.63) is 0 Å². The quantitative estimate of drug-likeness (QED) is 0.689. The first-order chi connectivity index (χ1) is 12.8. The third-order valence-corrected chi connectivity index (χ3v) is 9.29. The molecule has 0 N–H and O–H groups in total. The van der Waals surface area contributed by atoms with Crippen LogP contribution < -0.4 is 0 Å². The fourth-order valence-corrected chi connectivity index (χ4v) is 7.85. The van der Waals surface area contributed by atoms with E-state index in [-0.39, 0.29) is 29.7 Å². The molecule has 0 spiro atoms. The highest BCUT2D eigenvalue weighted by Crippen LogP contribution is 2.67. The highest BCUT2D eigenvalue weighted by Gasteiger charge is 2.61. The largest absolute Gasteiger partial charge is 0.458 e. The Bertz CT molecular complexity index is 655. The van der Waals surface area contributed by atoms with Crippen molar-refractivity contribution in [1.29, 1.82) is 0 Å². The molecule has 0 saturated heterocycles. The van der Waals surface area contributed by atoms with Gasteiger partial charge >= 0.3 is 5.97 Å². The molecule has 0 aromatic rings. The third-order valence-electron chi connectivity index (χ3n) is 9.29. The Balaban J connectivity index is 1.53. The van der Waals surface area contributed by atoms with Crippen LogP contribution in [-0.2, 0) is 19.1 Å². The van der Waals surface area contributed by atoms with Crippen molar-refractivity contribution in [3.8, 4) is 0 Å². The Kier molecular flexibility index (Phi) is 4.75. The molecule has 4 fully saturated rings. The van der Waals surface area contributed by atoms with Crippen molar-refractivity contribution in [2.24, 2.45) is 40.4 Å². The summed E-state index contributed by atoms with van der Waals surface area (Å²) in [6, 6.07) is 0. The van der Waals surface area contributed by atoms with E-state index in [1.807, 2.05) is 0 Å². The van der Waals surface area contributed by atoms with E-state index < -0.39 is 0 Å². The van der Waals surface area contributed by atoms with Crippen molar-refractivity contribution in [1.82, 2.24) is 0 Å². The molecule has 0 aromatic carbocycles. The zero-order chi connectivity index (χ0) is 19.4. The molecule has 4 aliphatic rings. The van der Waals surface area contributed by atoms with Crippen LogP contribution in [0.4, 0.5) is 0 Å². The number of carbonyl (C=O) groups excluding carboxylic acids is 3. The molecule has 27 heavy (non-hydrogen) atoms. The van der Waals surface area contributed by atoms with Gasteiger partial charge in [0, 0.05) is 25.7 Å². The number of ether oxygens (including phenoxy) is 1. The summed E-state index contributed by atoms with van der Waals surface area (Å²) in [4.78, 5) is 35.9. The van der Waals surface area contributed by atoms with Crippen LogP contribution in [-0.4, -0.2) is 24.1 Å². The number of hydrogen-bond acceptors (Lipinski definition) is 4. The third kappa shape index (κ3) is 2.98. The minimum Gasteiger partial charge on any atom is -0.458 e. The summed E-state index contributed by atoms with van der Waals surface area (Å²) >= 11 is 0. The van der Waals surface area contributed by atoms with E-state index in [1.54, 1.807) is 0 Å². The van der Waals surface area contributed by atoms with Gasteiger partial charge in [-0.1, -0.05) is 13.8 Å². The molecule has 0 bridgehead atoms. The van der Waals surface area contributed by atoms with Crippen LogP contribution in [0.2, 0.25) is 0 Å². The highest BCUT2D eigenvalue weighted by atomic mass is 16.5. The van der Waals surface area contributed by atoms with Gasteiger partial charge in [0.15, 0.2) is 5.78 Å². The minimum absolute atomic E-state index is 0.0428. The topological polar surface area (TPSA) is 60.4 Å². The Labute approximate surface area is 162 Å². The number of ketones is 2. The summed E-state index contributed by atoms with van der Waals surface area (Å²) in [5, 5.41) is 0. The number of carbonyl (C=O) groups is 3. The second-order valence-corrected chi connectivity index (χ2v) is 10.3. The predicted octanol–water partition coefficient (Wildman–Crippen LogP) is 4.35. The van der Waals surface area contributed by atoms with Crippen LogP contribution in [0, 0.1) is 40.4 Å². The molecule has 0 radical (unpaired) electrons. The Morgan fingerprint density at radius 2 is 1.74 bits per heavy atom. The van der Waals surface area contributed by atoms with Crippen molar-refractivity contribution >= 4 is 17.5 Å². The first kappa shape index (κ1) is 19.1. The first-order valence-corrected chi connectivity index (χ1v) is 10.9. The molecule has 4 aliphatic carbocycles. The van der Waals surface area contributed by atoms with Gasteiger partial charge in [0.2, 0.25) is 0 Å². The summed E-state index contributed by atoms with van der Waals surface area (Å²) in [6.07, 6.45) is 9.41. The molecule has 7 atom stereocenters. The van der Waals surface area contributed by atoms with E-state index in [1.165, 1.54) is 26.2 Å². The monoisotopic (exact) mass is 374 g/mol. The summed E-state index contributed by atoms with van der Waals surface area (Å²) in [6.45, 7) is 6.10. The fraction of sp³-hybridized carbons (Fsp3) is 0.870. The van der Waals surface area contributed by atoms with Gasteiger partial charge < -0.3 is 4.74 Å². The molecular weight excluding hydrogens is 340 g/mol. The second kappa shape index (κ2) is 6.70. The number of esters is 1. The number of Topliss-reactive ketones (excluding diaryl/α,β-unsaturated/α-hetero) is 2. The molecule has 0 amide bonds. The van der Waals surface area contributed by atoms with E-state index in [4.69, 9.17) is 4.74 Å². The number of hydrogen-bond donors (Lipinski definition) is 0. The SMILES string of the molecule is CC(=O)OCC(=O)[C@@H]1CC[C@@H]2[C@@H]3CC[C@H]4CC(=O)CC[C@]4(C)[C@@H]3CC[C@]21C. The van der Waals surface area contributed by atoms with Crippen molar-refractivity contribution in [2.45, 2.75) is 78.6 Å². The van der Waals surface area contributed by atoms with E-state index in [2.05, 4.69) is 13.8 Å². The molecule has 4 heteroatoms. The highest BCUT2D eigenvalue weighted by molar-refractivity contribution is 5.85. The van der Waals surface area contributed by atoms with Crippen LogP contribution >= 0.6 is 0 Å². The Morgan fingerprint density at radius 3 is 2.48 bits per heavy atom. The second-order valence-electron chi connectivity index (χ2n) is 10.3. The normalized spacial score (nSPS) is 46.2. The summed E-state index contributed by atoms with van der Waals surface area (Å²) in [7, 11) is 0. The summed E-state index contributed by atoms with van der Waals surface area (Å²) in [5.41, 5.74) is 0.379. The predicted molar refractivity (Wildman–Crippen MR) is 102 cm³/mol. The molecule has 4 rings (SSSR count). The zero-order valence-electron chi connectivity index (χ0n) is 17.1. The molecule has 0 aliphatic heterocycles. The lowest BCUT2D eigenvalue weighted by molar-refractivity contribution is -0.151. The van der Waals surface area contributed by atoms with Gasteiger partial charge in [0.25, 0.3) is 0 Å². The number of fused-ring (bicyclic) bond motifs is 5. The van der Waals surface area contributed by atoms with Gasteiger partial charge in [-0.3, -0.25) is 14.4 Å². The zero-order valence-corrected chi connectivity index (χ0v) is 17.1. The average Bonchev–Trinajstić information content (AvgIpc) is 2.97. The van der Waals surface area contributed by atoms with Gasteiger partial charge in [-0.2, -0.15) is 0 Å². The maximum absolute atomic E-state index is 12.8. The van der Waals surface area contributed by atoms with Crippen LogP contribution in [0.5, 0.6) is 0 Å². The van der Waals surface area contributed by atoms with E-state index in [9.17, 15) is 14.4 Å².